The normalized spacial score (nSPS) is 10.7. The maximum Gasteiger partial charge on any atom is 0.252 e. The fourth-order valence-electron chi connectivity index (χ4n) is 2.85. The van der Waals surface area contributed by atoms with Gasteiger partial charge in [0, 0.05) is 15.2 Å². The van der Waals surface area contributed by atoms with Gasteiger partial charge in [-0.2, -0.15) is 4.52 Å². The summed E-state index contributed by atoms with van der Waals surface area (Å²) < 4.78 is 13.5. The number of benzene rings is 2. The van der Waals surface area contributed by atoms with Crippen LogP contribution in [0.5, 0.6) is 11.6 Å². The Morgan fingerprint density at radius 3 is 2.80 bits per heavy atom. The fraction of sp³-hybridized carbons (Fsp3) is 0.143. The zero-order valence-electron chi connectivity index (χ0n) is 16.1. The van der Waals surface area contributed by atoms with Gasteiger partial charge in [-0.15, -0.1) is 15.3 Å². The first kappa shape index (κ1) is 20.1. The third kappa shape index (κ3) is 4.35. The first-order chi connectivity index (χ1) is 14.7. The van der Waals surface area contributed by atoms with Gasteiger partial charge in [-0.25, -0.2) is 0 Å². The molecule has 30 heavy (non-hydrogen) atoms. The maximum absolute atomic E-state index is 12.3. The van der Waals surface area contributed by atoms with Crippen molar-refractivity contribution < 1.29 is 14.3 Å². The third-order valence-corrected chi connectivity index (χ3v) is 5.26. The molecule has 0 aliphatic carbocycles. The summed E-state index contributed by atoms with van der Waals surface area (Å²) in [7, 11) is 1.61. The summed E-state index contributed by atoms with van der Waals surface area (Å²) in [6.07, 6.45) is 0. The highest BCUT2D eigenvalue weighted by Gasteiger charge is 2.12. The van der Waals surface area contributed by atoms with E-state index in [1.165, 1.54) is 0 Å². The average molecular weight is 515 g/mol. The molecule has 2 aromatic carbocycles. The summed E-state index contributed by atoms with van der Waals surface area (Å²) in [5.74, 6) is 1.59. The number of nitrogens with zero attached hydrogens (tertiary/aromatic N) is 4. The van der Waals surface area contributed by atoms with Crippen LogP contribution >= 0.6 is 22.6 Å². The second-order valence-electron chi connectivity index (χ2n) is 6.28. The van der Waals surface area contributed by atoms with Crippen molar-refractivity contribution in [1.82, 2.24) is 25.1 Å². The summed E-state index contributed by atoms with van der Waals surface area (Å²) in [5, 5.41) is 15.7. The van der Waals surface area contributed by atoms with E-state index < -0.39 is 0 Å². The molecule has 4 rings (SSSR count). The van der Waals surface area contributed by atoms with Gasteiger partial charge in [0.05, 0.1) is 19.2 Å². The molecular formula is C21H18IN5O3. The maximum atomic E-state index is 12.3. The van der Waals surface area contributed by atoms with Crippen LogP contribution in [0.3, 0.4) is 0 Å². The number of fused-ring (bicyclic) bond motifs is 1. The molecule has 0 bridgehead atoms. The Kier molecular flexibility index (Phi) is 6.07. The lowest BCUT2D eigenvalue weighted by Crippen LogP contribution is -2.28. The predicted octanol–water partition coefficient (Wildman–Crippen LogP) is 3.21. The molecule has 0 unspecified atom stereocenters. The molecule has 9 heteroatoms. The number of ether oxygens (including phenoxy) is 2. The van der Waals surface area contributed by atoms with Crippen molar-refractivity contribution in [1.29, 1.82) is 0 Å². The van der Waals surface area contributed by atoms with E-state index in [9.17, 15) is 4.79 Å². The molecule has 152 valence electrons. The zero-order chi connectivity index (χ0) is 20.9. The zero-order valence-corrected chi connectivity index (χ0v) is 18.2. The van der Waals surface area contributed by atoms with E-state index in [4.69, 9.17) is 9.47 Å². The van der Waals surface area contributed by atoms with Crippen LogP contribution < -0.4 is 14.8 Å². The molecule has 0 fully saturated rings. The van der Waals surface area contributed by atoms with Gasteiger partial charge < -0.3 is 14.8 Å². The molecule has 0 atom stereocenters. The first-order valence-corrected chi connectivity index (χ1v) is 10.3. The monoisotopic (exact) mass is 515 g/mol. The number of rotatable bonds is 7. The second-order valence-corrected chi connectivity index (χ2v) is 7.44. The van der Waals surface area contributed by atoms with Crippen molar-refractivity contribution in [3.8, 4) is 23.0 Å². The van der Waals surface area contributed by atoms with Crippen LogP contribution in [0.2, 0.25) is 0 Å². The van der Waals surface area contributed by atoms with Crippen LogP contribution in [-0.2, 0) is 0 Å². The van der Waals surface area contributed by atoms with Gasteiger partial charge in [0.2, 0.25) is 5.88 Å². The number of amides is 1. The summed E-state index contributed by atoms with van der Waals surface area (Å²) in [4.78, 5) is 12.3. The second kappa shape index (κ2) is 9.08. The van der Waals surface area contributed by atoms with Crippen LogP contribution in [0, 0.1) is 3.57 Å². The quantitative estimate of drug-likeness (QED) is 0.301. The highest BCUT2D eigenvalue weighted by molar-refractivity contribution is 14.1. The SMILES string of the molecule is COc1cccc(-c2nnc3ccc(OCCNC(=O)c4ccccc4I)nn23)c1. The molecule has 1 amide bonds. The third-order valence-electron chi connectivity index (χ3n) is 4.32. The molecule has 0 saturated heterocycles. The van der Waals surface area contributed by atoms with Crippen LogP contribution in [0.25, 0.3) is 17.0 Å². The van der Waals surface area contributed by atoms with Crippen molar-refractivity contribution in [2.45, 2.75) is 0 Å². The van der Waals surface area contributed by atoms with E-state index in [2.05, 4.69) is 43.2 Å². The summed E-state index contributed by atoms with van der Waals surface area (Å²) >= 11 is 2.14. The number of carbonyl (C=O) groups is 1. The Morgan fingerprint density at radius 1 is 1.10 bits per heavy atom. The molecule has 4 aromatic rings. The lowest BCUT2D eigenvalue weighted by atomic mass is 10.2. The van der Waals surface area contributed by atoms with Gasteiger partial charge in [-0.3, -0.25) is 4.79 Å². The van der Waals surface area contributed by atoms with Crippen molar-refractivity contribution in [3.05, 3.63) is 69.8 Å². The Labute approximate surface area is 186 Å². The Bertz CT molecular complexity index is 1190. The van der Waals surface area contributed by atoms with E-state index in [0.717, 1.165) is 14.9 Å². The molecule has 0 radical (unpaired) electrons. The van der Waals surface area contributed by atoms with E-state index in [1.807, 2.05) is 42.5 Å². The Hall–Kier alpha value is -3.21. The number of halogens is 1. The number of aromatic nitrogens is 4. The van der Waals surface area contributed by atoms with Crippen molar-refractivity contribution in [3.63, 3.8) is 0 Å². The minimum Gasteiger partial charge on any atom is -0.497 e. The van der Waals surface area contributed by atoms with E-state index in [0.29, 0.717) is 29.5 Å². The molecule has 0 aliphatic rings. The van der Waals surface area contributed by atoms with E-state index in [-0.39, 0.29) is 12.5 Å². The van der Waals surface area contributed by atoms with Crippen molar-refractivity contribution >= 4 is 34.1 Å². The number of hydrogen-bond acceptors (Lipinski definition) is 6. The number of carbonyl (C=O) groups excluding carboxylic acids is 1. The molecule has 2 aromatic heterocycles. The van der Waals surface area contributed by atoms with Gasteiger partial charge in [-0.05, 0) is 52.9 Å². The molecular weight excluding hydrogens is 497 g/mol. The van der Waals surface area contributed by atoms with Crippen molar-refractivity contribution in [2.75, 3.05) is 20.3 Å². The molecule has 2 heterocycles. The number of hydrogen-bond donors (Lipinski definition) is 1. The van der Waals surface area contributed by atoms with E-state index >= 15 is 0 Å². The molecule has 0 spiro atoms. The largest absolute Gasteiger partial charge is 0.497 e. The lowest BCUT2D eigenvalue weighted by molar-refractivity contribution is 0.0945. The molecule has 1 N–H and O–H groups in total. The van der Waals surface area contributed by atoms with Crippen LogP contribution in [0.4, 0.5) is 0 Å². The number of methoxy groups -OCH3 is 1. The van der Waals surface area contributed by atoms with Crippen LogP contribution in [0.1, 0.15) is 10.4 Å². The fourth-order valence-corrected chi connectivity index (χ4v) is 3.48. The Morgan fingerprint density at radius 2 is 1.97 bits per heavy atom. The summed E-state index contributed by atoms with van der Waals surface area (Å²) in [6, 6.07) is 18.4. The minimum absolute atomic E-state index is 0.133. The number of nitrogens with one attached hydrogen (secondary N) is 1. The van der Waals surface area contributed by atoms with Gasteiger partial charge in [-0.1, -0.05) is 24.3 Å². The Balaban J connectivity index is 1.42. The highest BCUT2D eigenvalue weighted by Crippen LogP contribution is 2.23. The molecule has 0 saturated carbocycles. The topological polar surface area (TPSA) is 90.6 Å². The van der Waals surface area contributed by atoms with Crippen molar-refractivity contribution in [2.24, 2.45) is 0 Å². The first-order valence-electron chi connectivity index (χ1n) is 9.18. The van der Waals surface area contributed by atoms with Gasteiger partial charge in [0.15, 0.2) is 11.5 Å². The smallest absolute Gasteiger partial charge is 0.252 e. The standard InChI is InChI=1S/C21H18IN5O3/c1-29-15-6-4-5-14(13-15)20-25-24-18-9-10-19(26-27(18)20)30-12-11-23-21(28)16-7-2-3-8-17(16)22/h2-10,13H,11-12H2,1H3,(H,23,28). The van der Waals surface area contributed by atoms with Gasteiger partial charge in [0.25, 0.3) is 5.91 Å². The predicted molar refractivity (Wildman–Crippen MR) is 120 cm³/mol. The summed E-state index contributed by atoms with van der Waals surface area (Å²) in [5.41, 5.74) is 2.08. The van der Waals surface area contributed by atoms with E-state index in [1.54, 1.807) is 29.8 Å². The van der Waals surface area contributed by atoms with Crippen LogP contribution in [-0.4, -0.2) is 46.0 Å². The highest BCUT2D eigenvalue weighted by atomic mass is 127. The molecule has 8 nitrogen and oxygen atoms in total. The minimum atomic E-state index is -0.133. The van der Waals surface area contributed by atoms with Gasteiger partial charge in [0.1, 0.15) is 12.4 Å². The average Bonchev–Trinajstić information content (AvgIpc) is 3.20. The lowest BCUT2D eigenvalue weighted by Gasteiger charge is -2.08. The molecule has 0 aliphatic heterocycles. The van der Waals surface area contributed by atoms with Gasteiger partial charge >= 0.3 is 0 Å². The van der Waals surface area contributed by atoms with Crippen LogP contribution in [0.15, 0.2) is 60.7 Å². The summed E-state index contributed by atoms with van der Waals surface area (Å²) in [6.45, 7) is 0.638.